The van der Waals surface area contributed by atoms with Gasteiger partial charge in [0.15, 0.2) is 0 Å². The highest BCUT2D eigenvalue weighted by Gasteiger charge is 2.10. The molecule has 2 aromatic rings. The second-order valence-corrected chi connectivity index (χ2v) is 5.19. The van der Waals surface area contributed by atoms with Crippen LogP contribution in [0.2, 0.25) is 0 Å². The van der Waals surface area contributed by atoms with Gasteiger partial charge < -0.3 is 5.32 Å². The first-order valence-corrected chi connectivity index (χ1v) is 7.60. The number of hydrogen-bond donors (Lipinski definition) is 3. The van der Waals surface area contributed by atoms with Crippen LogP contribution in [0.1, 0.15) is 13.3 Å². The monoisotopic (exact) mass is 294 g/mol. The molecule has 4 N–H and O–H groups in total. The Morgan fingerprint density at radius 3 is 2.80 bits per heavy atom. The molecule has 2 aromatic heterocycles. The van der Waals surface area contributed by atoms with Crippen LogP contribution in [0.4, 0.5) is 11.9 Å². The van der Waals surface area contributed by atoms with Gasteiger partial charge in [0.25, 0.3) is 5.95 Å². The Hall–Kier alpha value is -1.87. The largest absolute Gasteiger partial charge is 0.352 e. The summed E-state index contributed by atoms with van der Waals surface area (Å²) < 4.78 is 1.56. The lowest BCUT2D eigenvalue weighted by molar-refractivity contribution is 0.745. The fourth-order valence-corrected chi connectivity index (χ4v) is 2.16. The van der Waals surface area contributed by atoms with Crippen LogP contribution in [0, 0.1) is 0 Å². The minimum atomic E-state index is 0.265. The summed E-state index contributed by atoms with van der Waals surface area (Å²) in [7, 11) is 0. The molecule has 20 heavy (non-hydrogen) atoms. The van der Waals surface area contributed by atoms with Gasteiger partial charge in [-0.2, -0.15) is 31.8 Å². The zero-order valence-electron chi connectivity index (χ0n) is 11.4. The van der Waals surface area contributed by atoms with E-state index in [1.165, 1.54) is 0 Å². The SMILES string of the molecule is CSCCC(C)Nc1nc(NN)nc(-n2cccn2)n1. The minimum absolute atomic E-state index is 0.265. The van der Waals surface area contributed by atoms with E-state index in [2.05, 4.69) is 44.0 Å². The van der Waals surface area contributed by atoms with Crippen molar-refractivity contribution in [1.29, 1.82) is 0 Å². The van der Waals surface area contributed by atoms with Gasteiger partial charge in [0, 0.05) is 18.4 Å². The van der Waals surface area contributed by atoms with Gasteiger partial charge >= 0.3 is 0 Å². The van der Waals surface area contributed by atoms with Gasteiger partial charge in [-0.3, -0.25) is 5.43 Å². The number of nitrogen functional groups attached to an aromatic ring is 1. The van der Waals surface area contributed by atoms with Crippen molar-refractivity contribution in [3.8, 4) is 5.95 Å². The second kappa shape index (κ2) is 7.06. The summed E-state index contributed by atoms with van der Waals surface area (Å²) in [5, 5.41) is 7.34. The van der Waals surface area contributed by atoms with E-state index in [0.717, 1.165) is 12.2 Å². The van der Waals surface area contributed by atoms with Gasteiger partial charge in [-0.15, -0.1) is 0 Å². The zero-order chi connectivity index (χ0) is 14.4. The van der Waals surface area contributed by atoms with Crippen LogP contribution >= 0.6 is 11.8 Å². The molecule has 2 heterocycles. The highest BCUT2D eigenvalue weighted by molar-refractivity contribution is 7.98. The van der Waals surface area contributed by atoms with Gasteiger partial charge in [-0.1, -0.05) is 0 Å². The highest BCUT2D eigenvalue weighted by Crippen LogP contribution is 2.10. The number of nitrogens with zero attached hydrogens (tertiary/aromatic N) is 5. The molecule has 0 radical (unpaired) electrons. The number of thioether (sulfide) groups is 1. The molecule has 0 aliphatic carbocycles. The summed E-state index contributed by atoms with van der Waals surface area (Å²) in [6.45, 7) is 2.09. The van der Waals surface area contributed by atoms with Crippen molar-refractivity contribution in [2.75, 3.05) is 22.8 Å². The van der Waals surface area contributed by atoms with E-state index >= 15 is 0 Å². The fraction of sp³-hybridized carbons (Fsp3) is 0.455. The molecule has 8 nitrogen and oxygen atoms in total. The molecule has 0 aromatic carbocycles. The first-order valence-electron chi connectivity index (χ1n) is 6.21. The van der Waals surface area contributed by atoms with Crippen LogP contribution in [0.5, 0.6) is 0 Å². The Labute approximate surface area is 121 Å². The molecule has 2 rings (SSSR count). The van der Waals surface area contributed by atoms with Gasteiger partial charge in [0.2, 0.25) is 11.9 Å². The Morgan fingerprint density at radius 2 is 2.15 bits per heavy atom. The number of hydrogen-bond acceptors (Lipinski definition) is 8. The van der Waals surface area contributed by atoms with Gasteiger partial charge in [-0.25, -0.2) is 10.5 Å². The molecule has 9 heteroatoms. The summed E-state index contributed by atoms with van der Waals surface area (Å²) in [6.07, 6.45) is 6.53. The van der Waals surface area contributed by atoms with E-state index in [1.807, 2.05) is 11.8 Å². The van der Waals surface area contributed by atoms with Crippen molar-refractivity contribution in [3.63, 3.8) is 0 Å². The Balaban J connectivity index is 2.18. The number of rotatable bonds is 7. The number of anilines is 2. The van der Waals surface area contributed by atoms with Crippen LogP contribution in [0.3, 0.4) is 0 Å². The third-order valence-corrected chi connectivity index (χ3v) is 3.24. The van der Waals surface area contributed by atoms with E-state index in [-0.39, 0.29) is 6.04 Å². The van der Waals surface area contributed by atoms with Gasteiger partial charge in [0.05, 0.1) is 0 Å². The molecule has 0 fully saturated rings. The molecule has 0 aliphatic rings. The molecule has 1 atom stereocenters. The predicted octanol–water partition coefficient (Wildman–Crippen LogP) is 0.896. The average molecular weight is 294 g/mol. The third kappa shape index (κ3) is 3.81. The molecule has 0 bridgehead atoms. The van der Waals surface area contributed by atoms with E-state index in [9.17, 15) is 0 Å². The second-order valence-electron chi connectivity index (χ2n) is 4.20. The molecule has 1 unspecified atom stereocenters. The summed E-state index contributed by atoms with van der Waals surface area (Å²) >= 11 is 1.81. The average Bonchev–Trinajstić information content (AvgIpc) is 2.99. The summed E-state index contributed by atoms with van der Waals surface area (Å²) in [4.78, 5) is 12.7. The van der Waals surface area contributed by atoms with Crippen molar-refractivity contribution in [3.05, 3.63) is 18.5 Å². The summed E-state index contributed by atoms with van der Waals surface area (Å²) in [5.74, 6) is 7.65. The van der Waals surface area contributed by atoms with Crippen molar-refractivity contribution in [1.82, 2.24) is 24.7 Å². The van der Waals surface area contributed by atoms with Gasteiger partial charge in [-0.05, 0) is 31.4 Å². The standard InChI is InChI=1S/C11H18N8S/c1-8(4-7-20-2)14-9-15-10(18-12)17-11(16-9)19-6-3-5-13-19/h3,5-6,8H,4,7,12H2,1-2H3,(H2,14,15,16,17,18). The molecular weight excluding hydrogens is 276 g/mol. The smallest absolute Gasteiger partial charge is 0.257 e. The van der Waals surface area contributed by atoms with Crippen molar-refractivity contribution in [2.45, 2.75) is 19.4 Å². The van der Waals surface area contributed by atoms with Crippen LogP contribution in [-0.2, 0) is 0 Å². The molecular formula is C11H18N8S. The molecule has 108 valence electrons. The zero-order valence-corrected chi connectivity index (χ0v) is 12.3. The number of aromatic nitrogens is 5. The maximum Gasteiger partial charge on any atom is 0.257 e. The Morgan fingerprint density at radius 1 is 1.35 bits per heavy atom. The molecule has 0 aliphatic heterocycles. The van der Waals surface area contributed by atoms with Crippen LogP contribution in [0.25, 0.3) is 5.95 Å². The fourth-order valence-electron chi connectivity index (χ4n) is 1.57. The first-order chi connectivity index (χ1) is 9.72. The van der Waals surface area contributed by atoms with E-state index < -0.39 is 0 Å². The van der Waals surface area contributed by atoms with E-state index in [1.54, 1.807) is 23.1 Å². The number of nitrogens with two attached hydrogens (primary N) is 1. The number of hydrazine groups is 1. The predicted molar refractivity (Wildman–Crippen MR) is 80.8 cm³/mol. The van der Waals surface area contributed by atoms with Gasteiger partial charge in [0.1, 0.15) is 0 Å². The van der Waals surface area contributed by atoms with Crippen LogP contribution in [-0.4, -0.2) is 42.8 Å². The minimum Gasteiger partial charge on any atom is -0.352 e. The third-order valence-electron chi connectivity index (χ3n) is 2.59. The molecule has 0 saturated heterocycles. The summed E-state index contributed by atoms with van der Waals surface area (Å²) in [5.41, 5.74) is 2.44. The summed E-state index contributed by atoms with van der Waals surface area (Å²) in [6, 6.07) is 2.06. The van der Waals surface area contributed by atoms with Crippen molar-refractivity contribution >= 4 is 23.7 Å². The quantitative estimate of drug-likeness (QED) is 0.511. The lowest BCUT2D eigenvalue weighted by Gasteiger charge is -2.14. The lowest BCUT2D eigenvalue weighted by atomic mass is 10.3. The molecule has 0 saturated carbocycles. The topological polar surface area (TPSA) is 107 Å². The number of nitrogens with one attached hydrogen (secondary N) is 2. The molecule has 0 spiro atoms. The van der Waals surface area contributed by atoms with E-state index in [4.69, 9.17) is 5.84 Å². The van der Waals surface area contributed by atoms with Crippen molar-refractivity contribution < 1.29 is 0 Å². The Kier molecular flexibility index (Phi) is 5.13. The maximum absolute atomic E-state index is 5.39. The first kappa shape index (κ1) is 14.5. The highest BCUT2D eigenvalue weighted by atomic mass is 32.2. The van der Waals surface area contributed by atoms with Crippen LogP contribution < -0.4 is 16.6 Å². The van der Waals surface area contributed by atoms with E-state index in [0.29, 0.717) is 17.8 Å². The van der Waals surface area contributed by atoms with Crippen molar-refractivity contribution in [2.24, 2.45) is 5.84 Å². The lowest BCUT2D eigenvalue weighted by Crippen LogP contribution is -2.21. The molecule has 0 amide bonds. The normalized spacial score (nSPS) is 12.2. The maximum atomic E-state index is 5.39. The Bertz CT molecular complexity index is 529. The van der Waals surface area contributed by atoms with Crippen LogP contribution in [0.15, 0.2) is 18.5 Å².